The molecule has 1 amide bonds. The number of rotatable bonds is 7. The lowest BCUT2D eigenvalue weighted by atomic mass is 9.85. The van der Waals surface area contributed by atoms with E-state index < -0.39 is 17.7 Å². The van der Waals surface area contributed by atoms with Crippen molar-refractivity contribution in [3.8, 4) is 11.5 Å². The van der Waals surface area contributed by atoms with Gasteiger partial charge in [0, 0.05) is 6.54 Å². The van der Waals surface area contributed by atoms with Gasteiger partial charge in [-0.1, -0.05) is 68.8 Å². The Morgan fingerprint density at radius 1 is 0.921 bits per heavy atom. The number of likely N-dealkylation sites (tertiary alicyclic amines) is 1. The van der Waals surface area contributed by atoms with Gasteiger partial charge in [-0.2, -0.15) is 0 Å². The molecular weight excluding hydrogens is 478 g/mol. The first-order valence-electron chi connectivity index (χ1n) is 12.7. The van der Waals surface area contributed by atoms with Gasteiger partial charge in [0.1, 0.15) is 17.3 Å². The molecule has 1 N–H and O–H groups in total. The predicted molar refractivity (Wildman–Crippen MR) is 149 cm³/mol. The summed E-state index contributed by atoms with van der Waals surface area (Å²) in [6.07, 6.45) is 0.543. The van der Waals surface area contributed by atoms with Crippen molar-refractivity contribution in [3.63, 3.8) is 0 Å². The summed E-state index contributed by atoms with van der Waals surface area (Å²) in [7, 11) is 3.13. The topological polar surface area (TPSA) is 76.1 Å². The van der Waals surface area contributed by atoms with E-state index in [2.05, 4.69) is 20.8 Å². The summed E-state index contributed by atoms with van der Waals surface area (Å²) in [6, 6.07) is 20.2. The van der Waals surface area contributed by atoms with E-state index in [1.165, 1.54) is 7.11 Å². The molecule has 1 aliphatic heterocycles. The third kappa shape index (κ3) is 5.30. The van der Waals surface area contributed by atoms with Crippen LogP contribution < -0.4 is 9.47 Å². The SMILES string of the molecule is COc1ccc(CCN2C(=O)C(=O)/C(=C(/O)c3cc(C)ccc3OC)C2c2ccc(C(C)(C)C)cc2)cc1. The van der Waals surface area contributed by atoms with Crippen LogP contribution in [-0.4, -0.2) is 42.5 Å². The zero-order chi connectivity index (χ0) is 27.6. The molecule has 4 rings (SSSR count). The fourth-order valence-electron chi connectivity index (χ4n) is 4.82. The number of hydrogen-bond donors (Lipinski definition) is 1. The molecule has 1 aliphatic rings. The van der Waals surface area contributed by atoms with Gasteiger partial charge < -0.3 is 19.5 Å². The number of amides is 1. The first kappa shape index (κ1) is 27.0. The van der Waals surface area contributed by atoms with Gasteiger partial charge in [0.2, 0.25) is 0 Å². The van der Waals surface area contributed by atoms with Crippen molar-refractivity contribution in [3.05, 3.63) is 100 Å². The number of carbonyl (C=O) groups is 2. The predicted octanol–water partition coefficient (Wildman–Crippen LogP) is 5.97. The van der Waals surface area contributed by atoms with E-state index in [4.69, 9.17) is 9.47 Å². The maximum Gasteiger partial charge on any atom is 0.295 e. The first-order chi connectivity index (χ1) is 18.0. The number of Topliss-reactive ketones (excluding diaryl/α,β-unsaturated/α-hetero) is 1. The normalized spacial score (nSPS) is 17.1. The number of ketones is 1. The van der Waals surface area contributed by atoms with Crippen molar-refractivity contribution >= 4 is 17.4 Å². The van der Waals surface area contributed by atoms with Crippen LogP contribution in [0.15, 0.2) is 72.3 Å². The maximum atomic E-state index is 13.5. The molecule has 0 bridgehead atoms. The van der Waals surface area contributed by atoms with Crippen molar-refractivity contribution in [2.24, 2.45) is 0 Å². The van der Waals surface area contributed by atoms with Gasteiger partial charge in [0.25, 0.3) is 11.7 Å². The van der Waals surface area contributed by atoms with Crippen LogP contribution in [-0.2, 0) is 21.4 Å². The number of aliphatic hydroxyl groups excluding tert-OH is 1. The van der Waals surface area contributed by atoms with Crippen LogP contribution in [0.25, 0.3) is 5.76 Å². The monoisotopic (exact) mass is 513 g/mol. The number of nitrogens with zero attached hydrogens (tertiary/aromatic N) is 1. The van der Waals surface area contributed by atoms with Crippen LogP contribution in [0.5, 0.6) is 11.5 Å². The Hall–Kier alpha value is -4.06. The van der Waals surface area contributed by atoms with Gasteiger partial charge in [-0.25, -0.2) is 0 Å². The van der Waals surface area contributed by atoms with Crippen LogP contribution in [0.3, 0.4) is 0 Å². The van der Waals surface area contributed by atoms with Crippen LogP contribution in [0, 0.1) is 6.92 Å². The molecule has 3 aromatic carbocycles. The molecule has 0 aromatic heterocycles. The van der Waals surface area contributed by atoms with Crippen molar-refractivity contribution in [1.82, 2.24) is 4.90 Å². The molecule has 1 unspecified atom stereocenters. The molecular formula is C32H35NO5. The van der Waals surface area contributed by atoms with E-state index in [-0.39, 0.29) is 16.7 Å². The molecule has 1 fully saturated rings. The lowest BCUT2D eigenvalue weighted by Crippen LogP contribution is -2.31. The highest BCUT2D eigenvalue weighted by Gasteiger charge is 2.46. The summed E-state index contributed by atoms with van der Waals surface area (Å²) in [4.78, 5) is 28.4. The molecule has 0 radical (unpaired) electrons. The molecule has 6 nitrogen and oxygen atoms in total. The summed E-state index contributed by atoms with van der Waals surface area (Å²) in [5.41, 5.74) is 4.21. The fourth-order valence-corrected chi connectivity index (χ4v) is 4.82. The average molecular weight is 514 g/mol. The number of benzene rings is 3. The lowest BCUT2D eigenvalue weighted by molar-refractivity contribution is -0.139. The molecule has 198 valence electrons. The number of hydrogen-bond acceptors (Lipinski definition) is 5. The standard InChI is InChI=1S/C32H35NO5/c1-20-7-16-26(38-6)25(19-20)29(34)27-28(22-10-12-23(13-11-22)32(2,3)4)33(31(36)30(27)35)18-17-21-8-14-24(37-5)15-9-21/h7-16,19,28,34H,17-18H2,1-6H3/b29-27+. The molecule has 1 atom stereocenters. The minimum Gasteiger partial charge on any atom is -0.507 e. The van der Waals surface area contributed by atoms with E-state index in [1.807, 2.05) is 61.5 Å². The molecule has 3 aromatic rings. The summed E-state index contributed by atoms with van der Waals surface area (Å²) in [6.45, 7) is 8.60. The Morgan fingerprint density at radius 2 is 1.58 bits per heavy atom. The highest BCUT2D eigenvalue weighted by Crippen LogP contribution is 2.41. The van der Waals surface area contributed by atoms with Gasteiger partial charge in [-0.05, 0) is 59.7 Å². The summed E-state index contributed by atoms with van der Waals surface area (Å²) < 4.78 is 10.7. The second-order valence-corrected chi connectivity index (χ2v) is 10.7. The summed E-state index contributed by atoms with van der Waals surface area (Å²) >= 11 is 0. The quantitative estimate of drug-likeness (QED) is 0.239. The Bertz CT molecular complexity index is 1360. The molecule has 1 heterocycles. The molecule has 38 heavy (non-hydrogen) atoms. The number of aliphatic hydroxyl groups is 1. The third-order valence-electron chi connectivity index (χ3n) is 7.04. The van der Waals surface area contributed by atoms with Gasteiger partial charge in [0.05, 0.1) is 31.4 Å². The zero-order valence-electron chi connectivity index (χ0n) is 22.9. The van der Waals surface area contributed by atoms with E-state index in [0.717, 1.165) is 28.0 Å². The lowest BCUT2D eigenvalue weighted by Gasteiger charge is -2.27. The average Bonchev–Trinajstić information content (AvgIpc) is 3.16. The number of carbonyl (C=O) groups excluding carboxylic acids is 2. The van der Waals surface area contributed by atoms with Crippen molar-refractivity contribution in [1.29, 1.82) is 0 Å². The smallest absolute Gasteiger partial charge is 0.295 e. The summed E-state index contributed by atoms with van der Waals surface area (Å²) in [5.74, 6) is -0.386. The van der Waals surface area contributed by atoms with E-state index in [9.17, 15) is 14.7 Å². The Kier molecular flexibility index (Phi) is 7.63. The Morgan fingerprint density at radius 3 is 2.16 bits per heavy atom. The van der Waals surface area contributed by atoms with Crippen LogP contribution >= 0.6 is 0 Å². The van der Waals surface area contributed by atoms with Crippen LogP contribution in [0.4, 0.5) is 0 Å². The fraction of sp³-hybridized carbons (Fsp3) is 0.312. The number of methoxy groups -OCH3 is 2. The van der Waals surface area contributed by atoms with Crippen molar-refractivity contribution in [2.75, 3.05) is 20.8 Å². The molecule has 0 spiro atoms. The van der Waals surface area contributed by atoms with E-state index >= 15 is 0 Å². The summed E-state index contributed by atoms with van der Waals surface area (Å²) in [5, 5.41) is 11.5. The minimum atomic E-state index is -0.729. The Labute approximate surface area is 224 Å². The van der Waals surface area contributed by atoms with Crippen LogP contribution in [0.2, 0.25) is 0 Å². The van der Waals surface area contributed by atoms with Gasteiger partial charge >= 0.3 is 0 Å². The second-order valence-electron chi connectivity index (χ2n) is 10.7. The zero-order valence-corrected chi connectivity index (χ0v) is 22.9. The third-order valence-corrected chi connectivity index (χ3v) is 7.04. The number of aryl methyl sites for hydroxylation is 1. The highest BCUT2D eigenvalue weighted by atomic mass is 16.5. The molecule has 0 saturated carbocycles. The van der Waals surface area contributed by atoms with Gasteiger partial charge in [0.15, 0.2) is 0 Å². The first-order valence-corrected chi connectivity index (χ1v) is 12.7. The van der Waals surface area contributed by atoms with Gasteiger partial charge in [-0.15, -0.1) is 0 Å². The van der Waals surface area contributed by atoms with Crippen molar-refractivity contribution < 1.29 is 24.2 Å². The Balaban J connectivity index is 1.81. The van der Waals surface area contributed by atoms with Gasteiger partial charge in [-0.3, -0.25) is 9.59 Å². The molecule has 6 heteroatoms. The molecule has 0 aliphatic carbocycles. The van der Waals surface area contributed by atoms with Crippen LogP contribution in [0.1, 0.15) is 54.6 Å². The van der Waals surface area contributed by atoms with E-state index in [0.29, 0.717) is 24.3 Å². The van der Waals surface area contributed by atoms with Crippen molar-refractivity contribution in [2.45, 2.75) is 45.6 Å². The largest absolute Gasteiger partial charge is 0.507 e. The molecule has 1 saturated heterocycles. The maximum absolute atomic E-state index is 13.5. The van der Waals surface area contributed by atoms with E-state index in [1.54, 1.807) is 24.1 Å². The highest BCUT2D eigenvalue weighted by molar-refractivity contribution is 6.46. The second kappa shape index (κ2) is 10.7. The minimum absolute atomic E-state index is 0.0519. The number of ether oxygens (including phenoxy) is 2.